The van der Waals surface area contributed by atoms with Crippen LogP contribution in [0.1, 0.15) is 25.5 Å². The molecule has 3 heteroatoms. The predicted octanol–water partition coefficient (Wildman–Crippen LogP) is 1.11. The molecule has 72 valence electrons. The number of hydrogen-bond acceptors (Lipinski definition) is 3. The molecule has 0 fully saturated rings. The fraction of sp³-hybridized carbons (Fsp3) is 0.500. The fourth-order valence-electron chi connectivity index (χ4n) is 1.10. The molecule has 13 heavy (non-hydrogen) atoms. The van der Waals surface area contributed by atoms with Gasteiger partial charge in [-0.3, -0.25) is 4.98 Å². The monoisotopic (exact) mass is 180 g/mol. The number of hydrogen-bond donors (Lipinski definition) is 2. The van der Waals surface area contributed by atoms with Gasteiger partial charge in [-0.15, -0.1) is 0 Å². The van der Waals surface area contributed by atoms with Gasteiger partial charge >= 0.3 is 0 Å². The van der Waals surface area contributed by atoms with E-state index in [9.17, 15) is 0 Å². The molecule has 3 nitrogen and oxygen atoms in total. The quantitative estimate of drug-likeness (QED) is 0.729. The highest BCUT2D eigenvalue weighted by atomic mass is 16.3. The van der Waals surface area contributed by atoms with E-state index in [-0.39, 0.29) is 12.1 Å². The number of rotatable bonds is 4. The minimum absolute atomic E-state index is 0.239. The van der Waals surface area contributed by atoms with Gasteiger partial charge in [-0.25, -0.2) is 0 Å². The number of pyridine rings is 1. The molecule has 0 aliphatic carbocycles. The van der Waals surface area contributed by atoms with Gasteiger partial charge in [-0.05, 0) is 25.5 Å². The van der Waals surface area contributed by atoms with Gasteiger partial charge in [0.2, 0.25) is 0 Å². The third kappa shape index (κ3) is 3.53. The molecular formula is C10H16N2O. The van der Waals surface area contributed by atoms with Crippen LogP contribution in [-0.4, -0.2) is 22.7 Å². The molecule has 0 amide bonds. The lowest BCUT2D eigenvalue weighted by Crippen LogP contribution is -2.27. The molecule has 0 radical (unpaired) electrons. The maximum Gasteiger partial charge on any atom is 0.0636 e. The first-order valence-electron chi connectivity index (χ1n) is 4.51. The average Bonchev–Trinajstić information content (AvgIpc) is 2.15. The van der Waals surface area contributed by atoms with Crippen molar-refractivity contribution in [3.05, 3.63) is 30.1 Å². The van der Waals surface area contributed by atoms with Crippen molar-refractivity contribution in [2.75, 3.05) is 6.54 Å². The zero-order valence-electron chi connectivity index (χ0n) is 8.07. The largest absolute Gasteiger partial charge is 0.392 e. The van der Waals surface area contributed by atoms with Crippen molar-refractivity contribution >= 4 is 0 Å². The first-order chi connectivity index (χ1) is 6.20. The zero-order chi connectivity index (χ0) is 9.68. The van der Waals surface area contributed by atoms with E-state index in [1.54, 1.807) is 13.1 Å². The molecule has 0 aromatic carbocycles. The van der Waals surface area contributed by atoms with Crippen molar-refractivity contribution < 1.29 is 5.11 Å². The standard InChI is InChI=1S/C10H16N2O/c1-8(13)6-12-9(2)10-4-3-5-11-7-10/h3-5,7-9,12-13H,6H2,1-2H3/t8-,9?/m0/s1. The lowest BCUT2D eigenvalue weighted by atomic mass is 10.1. The summed E-state index contributed by atoms with van der Waals surface area (Å²) in [6.07, 6.45) is 3.28. The Bertz CT molecular complexity index is 236. The summed E-state index contributed by atoms with van der Waals surface area (Å²) in [6.45, 7) is 4.43. The Morgan fingerprint density at radius 3 is 2.85 bits per heavy atom. The van der Waals surface area contributed by atoms with Crippen LogP contribution in [0.3, 0.4) is 0 Å². The highest BCUT2D eigenvalue weighted by molar-refractivity contribution is 5.12. The summed E-state index contributed by atoms with van der Waals surface area (Å²) in [7, 11) is 0. The molecule has 1 rings (SSSR count). The maximum absolute atomic E-state index is 9.07. The molecule has 1 aromatic rings. The van der Waals surface area contributed by atoms with E-state index in [0.717, 1.165) is 5.56 Å². The van der Waals surface area contributed by atoms with Gasteiger partial charge in [0.05, 0.1) is 6.10 Å². The molecule has 0 saturated heterocycles. The Kier molecular flexibility index (Phi) is 3.86. The molecular weight excluding hydrogens is 164 g/mol. The molecule has 1 aromatic heterocycles. The molecule has 0 saturated carbocycles. The Balaban J connectivity index is 2.44. The van der Waals surface area contributed by atoms with Crippen LogP contribution in [0.5, 0.6) is 0 Å². The van der Waals surface area contributed by atoms with E-state index >= 15 is 0 Å². The van der Waals surface area contributed by atoms with Crippen LogP contribution in [0, 0.1) is 0 Å². The summed E-state index contributed by atoms with van der Waals surface area (Å²) in [5.74, 6) is 0. The van der Waals surface area contributed by atoms with Crippen LogP contribution < -0.4 is 5.32 Å². The highest BCUT2D eigenvalue weighted by Gasteiger charge is 2.04. The maximum atomic E-state index is 9.07. The van der Waals surface area contributed by atoms with Crippen molar-refractivity contribution in [1.82, 2.24) is 10.3 Å². The first-order valence-corrected chi connectivity index (χ1v) is 4.51. The Labute approximate surface area is 78.8 Å². The molecule has 1 heterocycles. The van der Waals surface area contributed by atoms with Crippen LogP contribution in [0.4, 0.5) is 0 Å². The number of nitrogens with one attached hydrogen (secondary N) is 1. The van der Waals surface area contributed by atoms with E-state index in [4.69, 9.17) is 5.11 Å². The topological polar surface area (TPSA) is 45.1 Å². The van der Waals surface area contributed by atoms with Crippen molar-refractivity contribution in [2.24, 2.45) is 0 Å². The summed E-state index contributed by atoms with van der Waals surface area (Å²) in [5.41, 5.74) is 1.14. The van der Waals surface area contributed by atoms with Gasteiger partial charge in [0.25, 0.3) is 0 Å². The lowest BCUT2D eigenvalue weighted by molar-refractivity contribution is 0.187. The molecule has 0 aliphatic heterocycles. The lowest BCUT2D eigenvalue weighted by Gasteiger charge is -2.14. The number of aliphatic hydroxyl groups is 1. The van der Waals surface area contributed by atoms with E-state index in [2.05, 4.69) is 17.2 Å². The van der Waals surface area contributed by atoms with Crippen LogP contribution in [0.25, 0.3) is 0 Å². The second-order valence-corrected chi connectivity index (χ2v) is 3.27. The van der Waals surface area contributed by atoms with Crippen LogP contribution >= 0.6 is 0 Å². The second-order valence-electron chi connectivity index (χ2n) is 3.27. The van der Waals surface area contributed by atoms with Gasteiger partial charge in [-0.1, -0.05) is 6.07 Å². The molecule has 2 atom stereocenters. The Morgan fingerprint density at radius 2 is 2.31 bits per heavy atom. The van der Waals surface area contributed by atoms with E-state index in [0.29, 0.717) is 6.54 Å². The van der Waals surface area contributed by atoms with Gasteiger partial charge in [0.1, 0.15) is 0 Å². The van der Waals surface area contributed by atoms with Crippen molar-refractivity contribution in [2.45, 2.75) is 26.0 Å². The molecule has 0 spiro atoms. The second kappa shape index (κ2) is 4.94. The minimum Gasteiger partial charge on any atom is -0.392 e. The third-order valence-electron chi connectivity index (χ3n) is 1.90. The van der Waals surface area contributed by atoms with Crippen molar-refractivity contribution in [3.63, 3.8) is 0 Å². The zero-order valence-corrected chi connectivity index (χ0v) is 8.07. The summed E-state index contributed by atoms with van der Waals surface area (Å²) >= 11 is 0. The number of aliphatic hydroxyl groups excluding tert-OH is 1. The summed E-state index contributed by atoms with van der Waals surface area (Å²) in [4.78, 5) is 4.03. The first kappa shape index (κ1) is 10.2. The summed E-state index contributed by atoms with van der Waals surface area (Å²) < 4.78 is 0. The molecule has 0 aliphatic rings. The van der Waals surface area contributed by atoms with E-state index in [1.165, 1.54) is 0 Å². The van der Waals surface area contributed by atoms with Gasteiger partial charge < -0.3 is 10.4 Å². The van der Waals surface area contributed by atoms with Crippen LogP contribution in [-0.2, 0) is 0 Å². The number of aromatic nitrogens is 1. The van der Waals surface area contributed by atoms with Gasteiger partial charge in [-0.2, -0.15) is 0 Å². The average molecular weight is 180 g/mol. The smallest absolute Gasteiger partial charge is 0.0636 e. The summed E-state index contributed by atoms with van der Waals surface area (Å²) in [6, 6.07) is 4.17. The highest BCUT2D eigenvalue weighted by Crippen LogP contribution is 2.08. The van der Waals surface area contributed by atoms with Crippen LogP contribution in [0.15, 0.2) is 24.5 Å². The SMILES string of the molecule is CC(NC[C@H](C)O)c1cccnc1. The molecule has 0 bridgehead atoms. The van der Waals surface area contributed by atoms with Crippen LogP contribution in [0.2, 0.25) is 0 Å². The summed E-state index contributed by atoms with van der Waals surface area (Å²) in [5, 5.41) is 12.3. The van der Waals surface area contributed by atoms with E-state index < -0.39 is 0 Å². The van der Waals surface area contributed by atoms with Crippen molar-refractivity contribution in [3.8, 4) is 0 Å². The Morgan fingerprint density at radius 1 is 1.54 bits per heavy atom. The van der Waals surface area contributed by atoms with Gasteiger partial charge in [0.15, 0.2) is 0 Å². The fourth-order valence-corrected chi connectivity index (χ4v) is 1.10. The Hall–Kier alpha value is -0.930. The molecule has 2 N–H and O–H groups in total. The number of nitrogens with zero attached hydrogens (tertiary/aromatic N) is 1. The van der Waals surface area contributed by atoms with Crippen molar-refractivity contribution in [1.29, 1.82) is 0 Å². The predicted molar refractivity (Wildman–Crippen MR) is 52.3 cm³/mol. The normalized spacial score (nSPS) is 15.3. The third-order valence-corrected chi connectivity index (χ3v) is 1.90. The van der Waals surface area contributed by atoms with Gasteiger partial charge in [0, 0.05) is 25.0 Å². The van der Waals surface area contributed by atoms with E-state index in [1.807, 2.05) is 18.3 Å². The molecule has 1 unspecified atom stereocenters. The minimum atomic E-state index is -0.306.